The van der Waals surface area contributed by atoms with Gasteiger partial charge in [0.1, 0.15) is 0 Å². The fourth-order valence-electron chi connectivity index (χ4n) is 1.54. The minimum Gasteiger partial charge on any atom is -0.265 e. The average molecular weight is 230 g/mol. The smallest absolute Gasteiger partial charge is 0.0411 e. The van der Waals surface area contributed by atoms with Crippen LogP contribution in [0.4, 0.5) is 0 Å². The van der Waals surface area contributed by atoms with Crippen molar-refractivity contribution in [1.82, 2.24) is 4.98 Å². The Hall–Kier alpha value is -1.60. The quantitative estimate of drug-likeness (QED) is 0.749. The number of rotatable bonds is 2. The van der Waals surface area contributed by atoms with E-state index in [1.807, 2.05) is 36.4 Å². The lowest BCUT2D eigenvalue weighted by Crippen LogP contribution is -1.80. The van der Waals surface area contributed by atoms with E-state index in [0.29, 0.717) is 0 Å². The highest BCUT2D eigenvalue weighted by Gasteiger charge is 1.95. The van der Waals surface area contributed by atoms with Gasteiger partial charge in [0.25, 0.3) is 0 Å². The summed E-state index contributed by atoms with van der Waals surface area (Å²) in [6.07, 6.45) is 5.70. The number of aromatic nitrogens is 1. The van der Waals surface area contributed by atoms with Crippen LogP contribution in [0.15, 0.2) is 48.8 Å². The molecular formula is C14H12ClN. The van der Waals surface area contributed by atoms with Crippen molar-refractivity contribution in [3.8, 4) is 0 Å². The first-order valence-corrected chi connectivity index (χ1v) is 5.48. The lowest BCUT2D eigenvalue weighted by atomic mass is 10.1. The highest BCUT2D eigenvalue weighted by atomic mass is 35.5. The third-order valence-corrected chi connectivity index (χ3v) is 2.60. The zero-order valence-corrected chi connectivity index (χ0v) is 9.78. The van der Waals surface area contributed by atoms with Crippen LogP contribution >= 0.6 is 11.6 Å². The minimum absolute atomic E-state index is 0.760. The summed E-state index contributed by atoms with van der Waals surface area (Å²) in [6, 6.07) is 11.8. The SMILES string of the molecule is C/C(=C\c1cccc(Cl)c1)c1ccncc1. The second-order valence-corrected chi connectivity index (χ2v) is 4.05. The standard InChI is InChI=1S/C14H12ClN/c1-11(13-5-7-16-8-6-13)9-12-3-2-4-14(15)10-12/h2-10H,1H3/b11-9+. The van der Waals surface area contributed by atoms with Crippen LogP contribution in [0.1, 0.15) is 18.1 Å². The first-order valence-electron chi connectivity index (χ1n) is 5.10. The third kappa shape index (κ3) is 2.71. The van der Waals surface area contributed by atoms with Gasteiger partial charge in [-0.15, -0.1) is 0 Å². The topological polar surface area (TPSA) is 12.9 Å². The normalized spacial score (nSPS) is 11.5. The first kappa shape index (κ1) is 10.9. The largest absolute Gasteiger partial charge is 0.265 e. The fourth-order valence-corrected chi connectivity index (χ4v) is 1.74. The van der Waals surface area contributed by atoms with Crippen LogP contribution in [0, 0.1) is 0 Å². The fraction of sp³-hybridized carbons (Fsp3) is 0.0714. The van der Waals surface area contributed by atoms with E-state index in [9.17, 15) is 0 Å². The lowest BCUT2D eigenvalue weighted by molar-refractivity contribution is 1.31. The van der Waals surface area contributed by atoms with E-state index in [-0.39, 0.29) is 0 Å². The van der Waals surface area contributed by atoms with Gasteiger partial charge in [-0.3, -0.25) is 4.98 Å². The second-order valence-electron chi connectivity index (χ2n) is 3.62. The Morgan fingerprint density at radius 2 is 1.94 bits per heavy atom. The Kier molecular flexibility index (Phi) is 3.37. The highest BCUT2D eigenvalue weighted by Crippen LogP contribution is 2.18. The molecule has 1 heterocycles. The van der Waals surface area contributed by atoms with Gasteiger partial charge in [-0.2, -0.15) is 0 Å². The molecule has 1 nitrogen and oxygen atoms in total. The lowest BCUT2D eigenvalue weighted by Gasteiger charge is -2.01. The summed E-state index contributed by atoms with van der Waals surface area (Å²) < 4.78 is 0. The summed E-state index contributed by atoms with van der Waals surface area (Å²) in [7, 11) is 0. The molecule has 0 saturated carbocycles. The number of pyridine rings is 1. The molecule has 2 rings (SSSR count). The number of hydrogen-bond donors (Lipinski definition) is 0. The molecule has 0 aliphatic heterocycles. The zero-order chi connectivity index (χ0) is 11.4. The molecule has 2 heteroatoms. The third-order valence-electron chi connectivity index (χ3n) is 2.37. The summed E-state index contributed by atoms with van der Waals surface area (Å²) in [5, 5.41) is 0.760. The average Bonchev–Trinajstić information content (AvgIpc) is 2.30. The van der Waals surface area contributed by atoms with Crippen LogP contribution in [0.3, 0.4) is 0 Å². The number of nitrogens with zero attached hydrogens (tertiary/aromatic N) is 1. The number of allylic oxidation sites excluding steroid dienone is 1. The predicted octanol–water partition coefficient (Wildman–Crippen LogP) is 4.30. The summed E-state index contributed by atoms with van der Waals surface area (Å²) >= 11 is 5.94. The van der Waals surface area contributed by atoms with E-state index >= 15 is 0 Å². The number of halogens is 1. The summed E-state index contributed by atoms with van der Waals surface area (Å²) in [5.74, 6) is 0. The van der Waals surface area contributed by atoms with Gasteiger partial charge < -0.3 is 0 Å². The predicted molar refractivity (Wildman–Crippen MR) is 69.2 cm³/mol. The van der Waals surface area contributed by atoms with Gasteiger partial charge in [0.05, 0.1) is 0 Å². The van der Waals surface area contributed by atoms with Gasteiger partial charge in [0.2, 0.25) is 0 Å². The van der Waals surface area contributed by atoms with E-state index in [1.54, 1.807) is 12.4 Å². The van der Waals surface area contributed by atoms with Crippen LogP contribution in [-0.4, -0.2) is 4.98 Å². The molecule has 0 fully saturated rings. The Morgan fingerprint density at radius 1 is 1.19 bits per heavy atom. The monoisotopic (exact) mass is 229 g/mol. The molecule has 0 saturated heterocycles. The minimum atomic E-state index is 0.760. The van der Waals surface area contributed by atoms with Crippen LogP contribution in [-0.2, 0) is 0 Å². The molecule has 0 unspecified atom stereocenters. The molecule has 0 aliphatic rings. The number of hydrogen-bond acceptors (Lipinski definition) is 1. The van der Waals surface area contributed by atoms with E-state index < -0.39 is 0 Å². The molecule has 2 aromatic rings. The maximum atomic E-state index is 5.94. The molecule has 0 N–H and O–H groups in total. The van der Waals surface area contributed by atoms with Gasteiger partial charge >= 0.3 is 0 Å². The maximum Gasteiger partial charge on any atom is 0.0411 e. The van der Waals surface area contributed by atoms with E-state index in [1.165, 1.54) is 11.1 Å². The molecule has 1 aromatic heterocycles. The number of benzene rings is 1. The van der Waals surface area contributed by atoms with E-state index in [4.69, 9.17) is 11.6 Å². The second kappa shape index (κ2) is 4.95. The van der Waals surface area contributed by atoms with Crippen molar-refractivity contribution in [2.45, 2.75) is 6.92 Å². The van der Waals surface area contributed by atoms with Gasteiger partial charge in [-0.05, 0) is 47.9 Å². The molecule has 0 amide bonds. The van der Waals surface area contributed by atoms with Crippen molar-refractivity contribution in [2.24, 2.45) is 0 Å². The van der Waals surface area contributed by atoms with Crippen molar-refractivity contribution in [1.29, 1.82) is 0 Å². The molecule has 0 spiro atoms. The summed E-state index contributed by atoms with van der Waals surface area (Å²) in [6.45, 7) is 2.08. The maximum absolute atomic E-state index is 5.94. The molecule has 0 aliphatic carbocycles. The Balaban J connectivity index is 2.32. The highest BCUT2D eigenvalue weighted by molar-refractivity contribution is 6.30. The van der Waals surface area contributed by atoms with Gasteiger partial charge in [-0.25, -0.2) is 0 Å². The summed E-state index contributed by atoms with van der Waals surface area (Å²) in [5.41, 5.74) is 3.49. The van der Waals surface area contributed by atoms with Crippen LogP contribution < -0.4 is 0 Å². The Labute approximate surface area is 100 Å². The Morgan fingerprint density at radius 3 is 2.62 bits per heavy atom. The van der Waals surface area contributed by atoms with Crippen molar-refractivity contribution >= 4 is 23.3 Å². The molecule has 80 valence electrons. The molecular weight excluding hydrogens is 218 g/mol. The van der Waals surface area contributed by atoms with Crippen molar-refractivity contribution in [2.75, 3.05) is 0 Å². The van der Waals surface area contributed by atoms with Gasteiger partial charge in [0, 0.05) is 17.4 Å². The molecule has 1 aromatic carbocycles. The zero-order valence-electron chi connectivity index (χ0n) is 9.02. The molecule has 0 bridgehead atoms. The van der Waals surface area contributed by atoms with Gasteiger partial charge in [-0.1, -0.05) is 29.8 Å². The first-order chi connectivity index (χ1) is 7.75. The van der Waals surface area contributed by atoms with E-state index in [0.717, 1.165) is 10.6 Å². The molecule has 0 atom stereocenters. The van der Waals surface area contributed by atoms with Crippen LogP contribution in [0.25, 0.3) is 11.6 Å². The van der Waals surface area contributed by atoms with E-state index in [2.05, 4.69) is 18.0 Å². The van der Waals surface area contributed by atoms with Crippen molar-refractivity contribution < 1.29 is 0 Å². The van der Waals surface area contributed by atoms with Crippen LogP contribution in [0.2, 0.25) is 5.02 Å². The molecule has 16 heavy (non-hydrogen) atoms. The van der Waals surface area contributed by atoms with Crippen molar-refractivity contribution in [3.63, 3.8) is 0 Å². The van der Waals surface area contributed by atoms with Gasteiger partial charge in [0.15, 0.2) is 0 Å². The summed E-state index contributed by atoms with van der Waals surface area (Å²) in [4.78, 5) is 4.00. The van der Waals surface area contributed by atoms with Crippen molar-refractivity contribution in [3.05, 3.63) is 64.9 Å². The molecule has 0 radical (unpaired) electrons. The van der Waals surface area contributed by atoms with Crippen LogP contribution in [0.5, 0.6) is 0 Å². The Bertz CT molecular complexity index is 503.